The maximum atomic E-state index is 12.3. The van der Waals surface area contributed by atoms with E-state index in [1.165, 1.54) is 5.56 Å². The van der Waals surface area contributed by atoms with Crippen LogP contribution < -0.4 is 10.6 Å². The Labute approximate surface area is 126 Å². The molecule has 1 atom stereocenters. The minimum atomic E-state index is -0.246. The van der Waals surface area contributed by atoms with E-state index in [0.29, 0.717) is 6.54 Å². The van der Waals surface area contributed by atoms with E-state index in [-0.39, 0.29) is 11.9 Å². The molecule has 110 valence electrons. The van der Waals surface area contributed by atoms with Gasteiger partial charge in [0.1, 0.15) is 0 Å². The van der Waals surface area contributed by atoms with Crippen molar-refractivity contribution in [3.8, 4) is 0 Å². The first-order valence-electron chi connectivity index (χ1n) is 7.22. The summed E-state index contributed by atoms with van der Waals surface area (Å²) in [7, 11) is 0. The molecule has 2 N–H and O–H groups in total. The lowest BCUT2D eigenvalue weighted by atomic mass is 10.1. The lowest BCUT2D eigenvalue weighted by molar-refractivity contribution is -0.117. The second-order valence-electron chi connectivity index (χ2n) is 5.34. The number of rotatable bonds is 5. The molecule has 1 amide bonds. The standard InChI is InChI=1S/C18H22N2O/c1-13-8-7-9-14(2)17(13)20-18(21)15(3)19-12-16-10-5-4-6-11-16/h4-11,15,19H,12H2,1-3H3,(H,20,21)/t15-/m0/s1. The summed E-state index contributed by atoms with van der Waals surface area (Å²) in [6.45, 7) is 6.57. The molecule has 0 unspecified atom stereocenters. The highest BCUT2D eigenvalue weighted by molar-refractivity contribution is 5.95. The summed E-state index contributed by atoms with van der Waals surface area (Å²) in [5.74, 6) is -0.0108. The first-order valence-corrected chi connectivity index (χ1v) is 7.22. The highest BCUT2D eigenvalue weighted by atomic mass is 16.2. The first-order chi connectivity index (χ1) is 10.1. The van der Waals surface area contributed by atoms with Crippen molar-refractivity contribution >= 4 is 11.6 Å². The monoisotopic (exact) mass is 282 g/mol. The Morgan fingerprint density at radius 3 is 2.24 bits per heavy atom. The van der Waals surface area contributed by atoms with Crippen LogP contribution in [0.4, 0.5) is 5.69 Å². The minimum absolute atomic E-state index is 0.0108. The van der Waals surface area contributed by atoms with Crippen LogP contribution in [-0.2, 0) is 11.3 Å². The number of para-hydroxylation sites is 1. The molecule has 0 heterocycles. The third-order valence-electron chi connectivity index (χ3n) is 3.58. The van der Waals surface area contributed by atoms with E-state index in [1.807, 2.05) is 69.3 Å². The Bertz CT molecular complexity index is 588. The zero-order chi connectivity index (χ0) is 15.2. The molecule has 0 saturated heterocycles. The lowest BCUT2D eigenvalue weighted by Gasteiger charge is -2.16. The van der Waals surface area contributed by atoms with Crippen LogP contribution in [0.1, 0.15) is 23.6 Å². The Kier molecular flexibility index (Phi) is 5.12. The number of hydrogen-bond donors (Lipinski definition) is 2. The minimum Gasteiger partial charge on any atom is -0.324 e. The van der Waals surface area contributed by atoms with Gasteiger partial charge in [-0.25, -0.2) is 0 Å². The van der Waals surface area contributed by atoms with Crippen LogP contribution in [0, 0.1) is 13.8 Å². The second-order valence-corrected chi connectivity index (χ2v) is 5.34. The molecule has 0 aliphatic rings. The van der Waals surface area contributed by atoms with E-state index >= 15 is 0 Å². The molecule has 0 aromatic heterocycles. The molecule has 0 spiro atoms. The lowest BCUT2D eigenvalue weighted by Crippen LogP contribution is -2.37. The number of aryl methyl sites for hydroxylation is 2. The molecule has 2 aromatic rings. The van der Waals surface area contributed by atoms with Crippen LogP contribution in [-0.4, -0.2) is 11.9 Å². The second kappa shape index (κ2) is 7.04. The maximum Gasteiger partial charge on any atom is 0.241 e. The smallest absolute Gasteiger partial charge is 0.241 e. The van der Waals surface area contributed by atoms with Crippen LogP contribution >= 0.6 is 0 Å². The van der Waals surface area contributed by atoms with Gasteiger partial charge in [0.15, 0.2) is 0 Å². The van der Waals surface area contributed by atoms with E-state index in [2.05, 4.69) is 10.6 Å². The van der Waals surface area contributed by atoms with Gasteiger partial charge < -0.3 is 10.6 Å². The van der Waals surface area contributed by atoms with Gasteiger partial charge in [0.05, 0.1) is 6.04 Å². The fourth-order valence-electron chi connectivity index (χ4n) is 2.20. The number of amides is 1. The van der Waals surface area contributed by atoms with Gasteiger partial charge in [0, 0.05) is 12.2 Å². The van der Waals surface area contributed by atoms with Crippen molar-refractivity contribution in [3.05, 3.63) is 65.2 Å². The zero-order valence-electron chi connectivity index (χ0n) is 12.8. The highest BCUT2D eigenvalue weighted by Gasteiger charge is 2.14. The third kappa shape index (κ3) is 4.17. The molecule has 2 rings (SSSR count). The van der Waals surface area contributed by atoms with Gasteiger partial charge in [-0.2, -0.15) is 0 Å². The third-order valence-corrected chi connectivity index (χ3v) is 3.58. The van der Waals surface area contributed by atoms with Gasteiger partial charge in [-0.05, 0) is 37.5 Å². The number of anilines is 1. The average molecular weight is 282 g/mol. The molecule has 3 heteroatoms. The van der Waals surface area contributed by atoms with Crippen molar-refractivity contribution in [2.24, 2.45) is 0 Å². The van der Waals surface area contributed by atoms with E-state index in [0.717, 1.165) is 16.8 Å². The predicted octanol–water partition coefficient (Wildman–Crippen LogP) is 3.42. The number of nitrogens with one attached hydrogen (secondary N) is 2. The predicted molar refractivity (Wildman–Crippen MR) is 87.3 cm³/mol. The van der Waals surface area contributed by atoms with Crippen LogP contribution in [0.2, 0.25) is 0 Å². The molecular weight excluding hydrogens is 260 g/mol. The zero-order valence-corrected chi connectivity index (χ0v) is 12.8. The van der Waals surface area contributed by atoms with Crippen LogP contribution in [0.15, 0.2) is 48.5 Å². The molecule has 0 radical (unpaired) electrons. The van der Waals surface area contributed by atoms with Crippen molar-refractivity contribution in [1.82, 2.24) is 5.32 Å². The van der Waals surface area contributed by atoms with Crippen molar-refractivity contribution in [2.45, 2.75) is 33.4 Å². The van der Waals surface area contributed by atoms with Crippen molar-refractivity contribution < 1.29 is 4.79 Å². The Hall–Kier alpha value is -2.13. The fraction of sp³-hybridized carbons (Fsp3) is 0.278. The van der Waals surface area contributed by atoms with Crippen LogP contribution in [0.25, 0.3) is 0 Å². The average Bonchev–Trinajstić information content (AvgIpc) is 2.49. The van der Waals surface area contributed by atoms with Gasteiger partial charge in [-0.1, -0.05) is 48.5 Å². The van der Waals surface area contributed by atoms with Crippen LogP contribution in [0.3, 0.4) is 0 Å². The van der Waals surface area contributed by atoms with Crippen LogP contribution in [0.5, 0.6) is 0 Å². The Balaban J connectivity index is 1.94. The summed E-state index contributed by atoms with van der Waals surface area (Å²) in [4.78, 5) is 12.3. The number of carbonyl (C=O) groups is 1. The number of hydrogen-bond acceptors (Lipinski definition) is 2. The van der Waals surface area contributed by atoms with E-state index in [9.17, 15) is 4.79 Å². The Morgan fingerprint density at radius 1 is 1.00 bits per heavy atom. The molecule has 0 aliphatic heterocycles. The largest absolute Gasteiger partial charge is 0.324 e. The molecular formula is C18H22N2O. The van der Waals surface area contributed by atoms with Gasteiger partial charge in [0.2, 0.25) is 5.91 Å². The van der Waals surface area contributed by atoms with Gasteiger partial charge in [0.25, 0.3) is 0 Å². The molecule has 0 saturated carbocycles. The van der Waals surface area contributed by atoms with Crippen molar-refractivity contribution in [2.75, 3.05) is 5.32 Å². The van der Waals surface area contributed by atoms with Crippen molar-refractivity contribution in [1.29, 1.82) is 0 Å². The summed E-state index contributed by atoms with van der Waals surface area (Å²) in [5, 5.41) is 6.26. The quantitative estimate of drug-likeness (QED) is 0.882. The molecule has 3 nitrogen and oxygen atoms in total. The molecule has 0 bridgehead atoms. The summed E-state index contributed by atoms with van der Waals surface area (Å²) in [6, 6.07) is 15.8. The Morgan fingerprint density at radius 2 is 1.62 bits per heavy atom. The topological polar surface area (TPSA) is 41.1 Å². The van der Waals surface area contributed by atoms with Crippen molar-refractivity contribution in [3.63, 3.8) is 0 Å². The number of carbonyl (C=O) groups excluding carboxylic acids is 1. The number of benzene rings is 2. The summed E-state index contributed by atoms with van der Waals surface area (Å²) < 4.78 is 0. The fourth-order valence-corrected chi connectivity index (χ4v) is 2.20. The molecule has 0 aliphatic carbocycles. The SMILES string of the molecule is Cc1cccc(C)c1NC(=O)[C@H](C)NCc1ccccc1. The van der Waals surface area contributed by atoms with Gasteiger partial charge >= 0.3 is 0 Å². The first kappa shape index (κ1) is 15.3. The summed E-state index contributed by atoms with van der Waals surface area (Å²) in [5.41, 5.74) is 4.25. The molecule has 2 aromatic carbocycles. The normalized spacial score (nSPS) is 12.0. The molecule has 21 heavy (non-hydrogen) atoms. The van der Waals surface area contributed by atoms with Gasteiger partial charge in [-0.3, -0.25) is 4.79 Å². The molecule has 0 fully saturated rings. The van der Waals surface area contributed by atoms with E-state index < -0.39 is 0 Å². The summed E-state index contributed by atoms with van der Waals surface area (Å²) >= 11 is 0. The maximum absolute atomic E-state index is 12.3. The van der Waals surface area contributed by atoms with E-state index in [1.54, 1.807) is 0 Å². The van der Waals surface area contributed by atoms with E-state index in [4.69, 9.17) is 0 Å². The summed E-state index contributed by atoms with van der Waals surface area (Å²) in [6.07, 6.45) is 0. The van der Waals surface area contributed by atoms with Gasteiger partial charge in [-0.15, -0.1) is 0 Å². The highest BCUT2D eigenvalue weighted by Crippen LogP contribution is 2.19.